The van der Waals surface area contributed by atoms with Crippen LogP contribution in [0, 0.1) is 0 Å². The number of alkyl carbamates (subject to hydrolysis) is 1. The van der Waals surface area contributed by atoms with Crippen molar-refractivity contribution in [3.8, 4) is 5.75 Å². The molecule has 110 valence electrons. The molecular weight excluding hydrogens is 262 g/mol. The number of nitrogens with one attached hydrogen (secondary N) is 1. The lowest BCUT2D eigenvalue weighted by atomic mass is 10.1. The van der Waals surface area contributed by atoms with Crippen LogP contribution in [0.1, 0.15) is 26.3 Å². The number of benzene rings is 1. The number of phenolic OH excluding ortho intramolecular Hbond substituents is 1. The molecular formula is C14H18NO5-. The highest BCUT2D eigenvalue weighted by Gasteiger charge is 2.20. The first-order valence-electron chi connectivity index (χ1n) is 6.15. The van der Waals surface area contributed by atoms with Crippen LogP contribution in [0.4, 0.5) is 4.79 Å². The molecule has 1 aromatic rings. The molecule has 0 aliphatic carbocycles. The summed E-state index contributed by atoms with van der Waals surface area (Å²) >= 11 is 0. The second kappa shape index (κ2) is 6.27. The molecule has 1 amide bonds. The minimum Gasteiger partial charge on any atom is -0.548 e. The van der Waals surface area contributed by atoms with E-state index in [9.17, 15) is 14.7 Å². The second-order valence-corrected chi connectivity index (χ2v) is 5.39. The van der Waals surface area contributed by atoms with Crippen molar-refractivity contribution in [2.75, 3.05) is 0 Å². The highest BCUT2D eigenvalue weighted by Crippen LogP contribution is 2.12. The number of carbonyl (C=O) groups excluding carboxylic acids is 2. The summed E-state index contributed by atoms with van der Waals surface area (Å²) in [6, 6.07) is 4.82. The van der Waals surface area contributed by atoms with Crippen LogP contribution in [0.25, 0.3) is 0 Å². The van der Waals surface area contributed by atoms with Crippen molar-refractivity contribution in [1.82, 2.24) is 5.32 Å². The maximum atomic E-state index is 11.6. The number of amides is 1. The number of aliphatic carboxylic acids is 1. The van der Waals surface area contributed by atoms with Crippen molar-refractivity contribution in [2.45, 2.75) is 38.8 Å². The van der Waals surface area contributed by atoms with Gasteiger partial charge in [-0.05, 0) is 44.9 Å². The smallest absolute Gasteiger partial charge is 0.408 e. The van der Waals surface area contributed by atoms with E-state index in [1.165, 1.54) is 12.1 Å². The molecule has 1 aromatic carbocycles. The number of rotatable bonds is 4. The molecule has 0 radical (unpaired) electrons. The lowest BCUT2D eigenvalue weighted by Gasteiger charge is -2.24. The Morgan fingerprint density at radius 1 is 1.30 bits per heavy atom. The van der Waals surface area contributed by atoms with Gasteiger partial charge in [-0.1, -0.05) is 12.1 Å². The summed E-state index contributed by atoms with van der Waals surface area (Å²) in [6.45, 7) is 5.04. The molecule has 0 aromatic heterocycles. The number of hydrogen-bond acceptors (Lipinski definition) is 5. The van der Waals surface area contributed by atoms with E-state index in [1.807, 2.05) is 0 Å². The van der Waals surface area contributed by atoms with Gasteiger partial charge in [0.15, 0.2) is 0 Å². The van der Waals surface area contributed by atoms with Crippen molar-refractivity contribution in [3.63, 3.8) is 0 Å². The molecule has 0 saturated heterocycles. The Morgan fingerprint density at radius 3 is 2.30 bits per heavy atom. The molecule has 1 atom stereocenters. The molecule has 0 aliphatic rings. The van der Waals surface area contributed by atoms with Gasteiger partial charge in [-0.2, -0.15) is 0 Å². The number of carboxylic acids is 1. The standard InChI is InChI=1S/C14H19NO5/c1-14(2,3)20-13(19)15-11(12(17)18)8-9-4-6-10(16)7-5-9/h4-7,11,16H,8H2,1-3H3,(H,15,19)(H,17,18)/p-1/t11-/m1/s1. The van der Waals surface area contributed by atoms with Crippen molar-refractivity contribution in [1.29, 1.82) is 0 Å². The zero-order chi connectivity index (χ0) is 15.3. The van der Waals surface area contributed by atoms with Crippen LogP contribution in [-0.2, 0) is 16.0 Å². The van der Waals surface area contributed by atoms with Crippen LogP contribution < -0.4 is 10.4 Å². The first kappa shape index (κ1) is 15.8. The van der Waals surface area contributed by atoms with Crippen molar-refractivity contribution < 1.29 is 24.5 Å². The van der Waals surface area contributed by atoms with Crippen molar-refractivity contribution in [3.05, 3.63) is 29.8 Å². The maximum absolute atomic E-state index is 11.6. The summed E-state index contributed by atoms with van der Waals surface area (Å²) in [5.74, 6) is -1.32. The Hall–Kier alpha value is -2.24. The quantitative estimate of drug-likeness (QED) is 0.840. The van der Waals surface area contributed by atoms with Gasteiger partial charge in [-0.15, -0.1) is 0 Å². The summed E-state index contributed by atoms with van der Waals surface area (Å²) in [4.78, 5) is 22.6. The van der Waals surface area contributed by atoms with E-state index >= 15 is 0 Å². The molecule has 2 N–H and O–H groups in total. The van der Waals surface area contributed by atoms with E-state index in [2.05, 4.69) is 5.32 Å². The third-order valence-corrected chi connectivity index (χ3v) is 2.35. The minimum absolute atomic E-state index is 0.0435. The van der Waals surface area contributed by atoms with Crippen molar-refractivity contribution >= 4 is 12.1 Å². The predicted molar refractivity (Wildman–Crippen MR) is 70.0 cm³/mol. The number of aromatic hydroxyl groups is 1. The van der Waals surface area contributed by atoms with E-state index in [-0.39, 0.29) is 12.2 Å². The monoisotopic (exact) mass is 280 g/mol. The molecule has 6 heteroatoms. The van der Waals surface area contributed by atoms with Gasteiger partial charge in [-0.25, -0.2) is 4.79 Å². The van der Waals surface area contributed by atoms with E-state index < -0.39 is 23.7 Å². The first-order valence-corrected chi connectivity index (χ1v) is 6.15. The largest absolute Gasteiger partial charge is 0.548 e. The maximum Gasteiger partial charge on any atom is 0.408 e. The SMILES string of the molecule is CC(C)(C)OC(=O)N[C@H](Cc1ccc(O)cc1)C(=O)[O-]. The molecule has 0 bridgehead atoms. The number of hydrogen-bond donors (Lipinski definition) is 2. The molecule has 0 spiro atoms. The third kappa shape index (κ3) is 5.60. The zero-order valence-electron chi connectivity index (χ0n) is 11.7. The predicted octanol–water partition coefficient (Wildman–Crippen LogP) is 0.578. The lowest BCUT2D eigenvalue weighted by Crippen LogP contribution is -2.50. The van der Waals surface area contributed by atoms with Crippen LogP contribution in [0.15, 0.2) is 24.3 Å². The van der Waals surface area contributed by atoms with Gasteiger partial charge < -0.3 is 25.1 Å². The molecule has 0 aliphatic heterocycles. The number of carbonyl (C=O) groups is 2. The number of phenols is 1. The fraction of sp³-hybridized carbons (Fsp3) is 0.429. The Kier molecular flexibility index (Phi) is 4.96. The average molecular weight is 280 g/mol. The van der Waals surface area contributed by atoms with Crippen LogP contribution in [0.5, 0.6) is 5.75 Å². The Labute approximate surface area is 117 Å². The lowest BCUT2D eigenvalue weighted by molar-refractivity contribution is -0.308. The highest BCUT2D eigenvalue weighted by atomic mass is 16.6. The topological polar surface area (TPSA) is 98.7 Å². The molecule has 0 unspecified atom stereocenters. The van der Waals surface area contributed by atoms with Gasteiger partial charge in [0.05, 0.1) is 12.0 Å². The van der Waals surface area contributed by atoms with Crippen LogP contribution in [0.3, 0.4) is 0 Å². The van der Waals surface area contributed by atoms with Crippen LogP contribution >= 0.6 is 0 Å². The van der Waals surface area contributed by atoms with Gasteiger partial charge in [0.1, 0.15) is 11.4 Å². The second-order valence-electron chi connectivity index (χ2n) is 5.39. The minimum atomic E-state index is -1.40. The van der Waals surface area contributed by atoms with E-state index in [0.29, 0.717) is 5.56 Å². The summed E-state index contributed by atoms with van der Waals surface area (Å²) in [7, 11) is 0. The number of carboxylic acid groups (broad SMARTS) is 1. The van der Waals surface area contributed by atoms with Gasteiger partial charge in [0, 0.05) is 0 Å². The van der Waals surface area contributed by atoms with E-state index in [0.717, 1.165) is 0 Å². The molecule has 6 nitrogen and oxygen atoms in total. The van der Waals surface area contributed by atoms with Crippen molar-refractivity contribution in [2.24, 2.45) is 0 Å². The van der Waals surface area contributed by atoms with Gasteiger partial charge in [0.25, 0.3) is 0 Å². The van der Waals surface area contributed by atoms with E-state index in [1.54, 1.807) is 32.9 Å². The molecule has 0 fully saturated rings. The van der Waals surface area contributed by atoms with E-state index in [4.69, 9.17) is 9.84 Å². The first-order chi connectivity index (χ1) is 9.17. The Balaban J connectivity index is 2.68. The normalized spacial score (nSPS) is 12.6. The molecule has 0 heterocycles. The Bertz CT molecular complexity index is 475. The summed E-state index contributed by atoms with van der Waals surface area (Å²) < 4.78 is 4.99. The summed E-state index contributed by atoms with van der Waals surface area (Å²) in [6.07, 6.45) is -0.771. The van der Waals surface area contributed by atoms with Crippen LogP contribution in [0.2, 0.25) is 0 Å². The van der Waals surface area contributed by atoms with Gasteiger partial charge in [-0.3, -0.25) is 0 Å². The molecule has 0 saturated carbocycles. The van der Waals surface area contributed by atoms with Crippen LogP contribution in [-0.4, -0.2) is 28.8 Å². The fourth-order valence-corrected chi connectivity index (χ4v) is 1.51. The third-order valence-electron chi connectivity index (χ3n) is 2.35. The molecule has 1 rings (SSSR count). The summed E-state index contributed by atoms with van der Waals surface area (Å²) in [5.41, 5.74) is -0.0629. The fourth-order valence-electron chi connectivity index (χ4n) is 1.51. The van der Waals surface area contributed by atoms with Gasteiger partial charge >= 0.3 is 6.09 Å². The molecule has 20 heavy (non-hydrogen) atoms. The Morgan fingerprint density at radius 2 is 1.85 bits per heavy atom. The number of ether oxygens (including phenoxy) is 1. The summed E-state index contributed by atoms with van der Waals surface area (Å²) in [5, 5.41) is 22.4. The average Bonchev–Trinajstić information content (AvgIpc) is 2.28. The zero-order valence-corrected chi connectivity index (χ0v) is 11.7. The van der Waals surface area contributed by atoms with Gasteiger partial charge in [0.2, 0.25) is 0 Å². The highest BCUT2D eigenvalue weighted by molar-refractivity contribution is 5.79.